The van der Waals surface area contributed by atoms with Gasteiger partial charge >= 0.3 is 0 Å². The van der Waals surface area contributed by atoms with Crippen LogP contribution in [0.25, 0.3) is 11.0 Å². The first kappa shape index (κ1) is 21.6. The van der Waals surface area contributed by atoms with Crippen molar-refractivity contribution in [2.24, 2.45) is 0 Å². The Hall–Kier alpha value is -2.66. The van der Waals surface area contributed by atoms with E-state index in [2.05, 4.69) is 66.2 Å². The Morgan fingerprint density at radius 1 is 1.16 bits per heavy atom. The van der Waals surface area contributed by atoms with Crippen LogP contribution in [0.4, 0.5) is 0 Å². The van der Waals surface area contributed by atoms with Crippen LogP contribution in [0.5, 0.6) is 0 Å². The van der Waals surface area contributed by atoms with Gasteiger partial charge in [0, 0.05) is 26.1 Å². The molecule has 1 aliphatic heterocycles. The lowest BCUT2D eigenvalue weighted by molar-refractivity contribution is -0.130. The first-order valence-corrected chi connectivity index (χ1v) is 11.5. The first-order valence-electron chi connectivity index (χ1n) is 11.5. The number of fused-ring (bicyclic) bond motifs is 1. The monoisotopic (exact) mass is 419 g/mol. The minimum atomic E-state index is -0.231. The summed E-state index contributed by atoms with van der Waals surface area (Å²) in [7, 11) is 0. The van der Waals surface area contributed by atoms with Crippen LogP contribution in [0.2, 0.25) is 0 Å². The molecule has 164 valence electrons. The number of nitrogens with zero attached hydrogens (tertiary/aromatic N) is 2. The smallest absolute Gasteiger partial charge is 0.249 e. The van der Waals surface area contributed by atoms with E-state index in [1.807, 2.05) is 0 Å². The molecule has 1 aromatic heterocycles. The van der Waals surface area contributed by atoms with E-state index in [1.54, 1.807) is 0 Å². The van der Waals surface area contributed by atoms with E-state index in [1.165, 1.54) is 22.2 Å². The van der Waals surface area contributed by atoms with Crippen LogP contribution in [0.1, 0.15) is 54.6 Å². The van der Waals surface area contributed by atoms with Crippen molar-refractivity contribution in [2.75, 3.05) is 13.2 Å². The average Bonchev–Trinajstić information content (AvgIpc) is 3.42. The van der Waals surface area contributed by atoms with Crippen LogP contribution in [0, 0.1) is 13.8 Å². The lowest BCUT2D eigenvalue weighted by Gasteiger charge is -2.13. The summed E-state index contributed by atoms with van der Waals surface area (Å²) in [6.07, 6.45) is 5.66. The van der Waals surface area contributed by atoms with E-state index in [-0.39, 0.29) is 12.0 Å². The van der Waals surface area contributed by atoms with Gasteiger partial charge in [0.25, 0.3) is 0 Å². The Kier molecular flexibility index (Phi) is 7.03. The molecular weight excluding hydrogens is 386 g/mol. The van der Waals surface area contributed by atoms with Gasteiger partial charge in [-0.05, 0) is 62.8 Å². The fraction of sp³-hybridized carbons (Fsp3) is 0.462. The molecule has 1 saturated heterocycles. The summed E-state index contributed by atoms with van der Waals surface area (Å²) < 4.78 is 7.81. The second-order valence-electron chi connectivity index (χ2n) is 8.64. The highest BCUT2D eigenvalue weighted by molar-refractivity contribution is 5.80. The van der Waals surface area contributed by atoms with E-state index < -0.39 is 0 Å². The van der Waals surface area contributed by atoms with E-state index in [4.69, 9.17) is 9.72 Å². The molecule has 1 amide bonds. The second-order valence-corrected chi connectivity index (χ2v) is 8.64. The van der Waals surface area contributed by atoms with Crippen LogP contribution < -0.4 is 5.32 Å². The molecule has 1 aliphatic rings. The Morgan fingerprint density at radius 2 is 2.03 bits per heavy atom. The van der Waals surface area contributed by atoms with E-state index in [9.17, 15) is 4.79 Å². The fourth-order valence-corrected chi connectivity index (χ4v) is 4.33. The number of unbranched alkanes of at least 4 members (excludes halogenated alkanes) is 2. The number of hydrogen-bond donors (Lipinski definition) is 1. The number of imidazole rings is 1. The van der Waals surface area contributed by atoms with Gasteiger partial charge in [-0.15, -0.1) is 0 Å². The van der Waals surface area contributed by atoms with Crippen molar-refractivity contribution in [1.29, 1.82) is 0 Å². The highest BCUT2D eigenvalue weighted by Crippen LogP contribution is 2.21. The van der Waals surface area contributed by atoms with Gasteiger partial charge in [0.15, 0.2) is 0 Å². The fourth-order valence-electron chi connectivity index (χ4n) is 4.33. The summed E-state index contributed by atoms with van der Waals surface area (Å²) in [5, 5.41) is 3.02. The van der Waals surface area contributed by atoms with Crippen LogP contribution in [-0.4, -0.2) is 34.7 Å². The summed E-state index contributed by atoms with van der Waals surface area (Å²) in [5.41, 5.74) is 6.21. The molecule has 1 N–H and O–H groups in total. The molecule has 0 aliphatic carbocycles. The molecule has 1 unspecified atom stereocenters. The highest BCUT2D eigenvalue weighted by atomic mass is 16.5. The zero-order chi connectivity index (χ0) is 21.6. The number of hydrogen-bond acceptors (Lipinski definition) is 3. The number of amides is 1. The third-order valence-corrected chi connectivity index (χ3v) is 6.17. The van der Waals surface area contributed by atoms with Gasteiger partial charge in [0.05, 0.1) is 11.0 Å². The molecule has 0 spiro atoms. The maximum absolute atomic E-state index is 12.0. The van der Waals surface area contributed by atoms with Crippen molar-refractivity contribution in [3.8, 4) is 0 Å². The molecule has 0 radical (unpaired) electrons. The summed E-state index contributed by atoms with van der Waals surface area (Å²) >= 11 is 0. The third-order valence-electron chi connectivity index (χ3n) is 6.17. The zero-order valence-electron chi connectivity index (χ0n) is 18.7. The number of para-hydroxylation sites is 2. The SMILES string of the molecule is Cc1ccc(C)c(Cn2c(CCCCCNC(=O)C3CCCO3)nc3ccccc32)c1. The molecule has 2 aromatic carbocycles. The number of nitrogens with one attached hydrogen (secondary N) is 1. The van der Waals surface area contributed by atoms with Gasteiger partial charge in [-0.1, -0.05) is 42.3 Å². The maximum Gasteiger partial charge on any atom is 0.249 e. The molecule has 4 rings (SSSR count). The van der Waals surface area contributed by atoms with Gasteiger partial charge in [0.1, 0.15) is 11.9 Å². The van der Waals surface area contributed by atoms with Crippen LogP contribution >= 0.6 is 0 Å². The van der Waals surface area contributed by atoms with Crippen molar-refractivity contribution in [3.05, 3.63) is 65.0 Å². The van der Waals surface area contributed by atoms with Crippen LogP contribution in [0.3, 0.4) is 0 Å². The number of aryl methyl sites for hydroxylation is 3. The van der Waals surface area contributed by atoms with E-state index in [0.29, 0.717) is 6.61 Å². The molecule has 31 heavy (non-hydrogen) atoms. The topological polar surface area (TPSA) is 56.2 Å². The largest absolute Gasteiger partial charge is 0.368 e. The predicted molar refractivity (Wildman–Crippen MR) is 124 cm³/mol. The van der Waals surface area contributed by atoms with Crippen molar-refractivity contribution >= 4 is 16.9 Å². The maximum atomic E-state index is 12.0. The summed E-state index contributed by atoms with van der Waals surface area (Å²) in [4.78, 5) is 17.0. The Balaban J connectivity index is 1.35. The Morgan fingerprint density at radius 3 is 2.87 bits per heavy atom. The summed E-state index contributed by atoms with van der Waals surface area (Å²) in [5.74, 6) is 1.19. The molecule has 0 saturated carbocycles. The minimum Gasteiger partial charge on any atom is -0.368 e. The lowest BCUT2D eigenvalue weighted by atomic mass is 10.1. The number of rotatable bonds is 9. The van der Waals surface area contributed by atoms with Crippen molar-refractivity contribution in [1.82, 2.24) is 14.9 Å². The molecule has 1 atom stereocenters. The number of carbonyl (C=O) groups excluding carboxylic acids is 1. The normalized spacial score (nSPS) is 16.1. The lowest BCUT2D eigenvalue weighted by Crippen LogP contribution is -2.34. The third kappa shape index (κ3) is 5.34. The minimum absolute atomic E-state index is 0.0489. The quantitative estimate of drug-likeness (QED) is 0.511. The Labute approximate surface area is 184 Å². The first-order chi connectivity index (χ1) is 15.1. The van der Waals surface area contributed by atoms with Gasteiger partial charge in [0.2, 0.25) is 5.91 Å². The van der Waals surface area contributed by atoms with Gasteiger partial charge < -0.3 is 14.6 Å². The molecular formula is C26H33N3O2. The van der Waals surface area contributed by atoms with Crippen molar-refractivity contribution < 1.29 is 9.53 Å². The molecule has 3 aromatic rings. The van der Waals surface area contributed by atoms with Crippen molar-refractivity contribution in [3.63, 3.8) is 0 Å². The number of benzene rings is 2. The summed E-state index contributed by atoms with van der Waals surface area (Å²) in [6, 6.07) is 15.1. The number of aromatic nitrogens is 2. The zero-order valence-corrected chi connectivity index (χ0v) is 18.7. The standard InChI is InChI=1S/C26H33N3O2/c1-19-13-14-20(2)21(17-19)18-29-23-10-6-5-9-22(23)28-25(29)12-4-3-7-15-27-26(30)24-11-8-16-31-24/h5-6,9-10,13-14,17,24H,3-4,7-8,11-12,15-16,18H2,1-2H3,(H,27,30). The van der Waals surface area contributed by atoms with Crippen LogP contribution in [0.15, 0.2) is 42.5 Å². The second kappa shape index (κ2) is 10.1. The predicted octanol–water partition coefficient (Wildman–Crippen LogP) is 4.71. The van der Waals surface area contributed by atoms with Gasteiger partial charge in [-0.2, -0.15) is 0 Å². The van der Waals surface area contributed by atoms with E-state index >= 15 is 0 Å². The highest BCUT2D eigenvalue weighted by Gasteiger charge is 2.22. The summed E-state index contributed by atoms with van der Waals surface area (Å²) in [6.45, 7) is 6.60. The van der Waals surface area contributed by atoms with Crippen LogP contribution in [-0.2, 0) is 22.5 Å². The van der Waals surface area contributed by atoms with Gasteiger partial charge in [-0.25, -0.2) is 4.98 Å². The van der Waals surface area contributed by atoms with Gasteiger partial charge in [-0.3, -0.25) is 4.79 Å². The molecule has 5 nitrogen and oxygen atoms in total. The average molecular weight is 420 g/mol. The van der Waals surface area contributed by atoms with Crippen molar-refractivity contribution in [2.45, 2.75) is 65.0 Å². The molecule has 0 bridgehead atoms. The molecule has 1 fully saturated rings. The Bertz CT molecular complexity index is 1030. The molecule has 5 heteroatoms. The van der Waals surface area contributed by atoms with E-state index in [0.717, 1.165) is 63.0 Å². The number of ether oxygens (including phenoxy) is 1. The molecule has 2 heterocycles. The number of carbonyl (C=O) groups is 1.